The molecule has 0 atom stereocenters. The smallest absolute Gasteiger partial charge is 0.158 e. The number of anilines is 1. The third kappa shape index (κ3) is 4.02. The molecule has 1 aliphatic rings. The summed E-state index contributed by atoms with van der Waals surface area (Å²) >= 11 is 5.95. The van der Waals surface area contributed by atoms with Crippen LogP contribution in [0, 0.1) is 0 Å². The van der Waals surface area contributed by atoms with Crippen molar-refractivity contribution >= 4 is 27.3 Å². The summed E-state index contributed by atoms with van der Waals surface area (Å²) in [6, 6.07) is 1.65. The number of rotatable bonds is 4. The van der Waals surface area contributed by atoms with Gasteiger partial charge in [-0.1, -0.05) is 11.6 Å². The van der Waals surface area contributed by atoms with Crippen LogP contribution in [0.3, 0.4) is 0 Å². The zero-order chi connectivity index (χ0) is 13.9. The second kappa shape index (κ2) is 6.02. The predicted octanol–water partition coefficient (Wildman–Crippen LogP) is 0.901. The summed E-state index contributed by atoms with van der Waals surface area (Å²) in [5.74, 6) is 1.47. The van der Waals surface area contributed by atoms with E-state index in [0.717, 1.165) is 0 Å². The lowest BCUT2D eigenvalue weighted by Crippen LogP contribution is -2.40. The van der Waals surface area contributed by atoms with E-state index in [0.29, 0.717) is 43.1 Å². The van der Waals surface area contributed by atoms with E-state index in [1.807, 2.05) is 11.8 Å². The van der Waals surface area contributed by atoms with Crippen molar-refractivity contribution in [3.8, 4) is 0 Å². The molecule has 0 aliphatic carbocycles. The number of sulfone groups is 1. The van der Waals surface area contributed by atoms with Crippen molar-refractivity contribution in [1.82, 2.24) is 9.97 Å². The van der Waals surface area contributed by atoms with E-state index in [2.05, 4.69) is 9.97 Å². The van der Waals surface area contributed by atoms with Gasteiger partial charge in [-0.25, -0.2) is 18.4 Å². The first-order valence-corrected chi connectivity index (χ1v) is 8.26. The Morgan fingerprint density at radius 2 is 2.05 bits per heavy atom. The first-order valence-electron chi connectivity index (χ1n) is 6.07. The maximum atomic E-state index is 11.4. The van der Waals surface area contributed by atoms with Crippen molar-refractivity contribution in [2.75, 3.05) is 36.1 Å². The van der Waals surface area contributed by atoms with Crippen LogP contribution in [0.4, 0.5) is 5.82 Å². The van der Waals surface area contributed by atoms with E-state index in [9.17, 15) is 8.42 Å². The van der Waals surface area contributed by atoms with Crippen molar-refractivity contribution in [2.24, 2.45) is 0 Å². The van der Waals surface area contributed by atoms with Crippen LogP contribution in [0.5, 0.6) is 0 Å². The number of ether oxygens (including phenoxy) is 1. The second-order valence-corrected chi connectivity index (χ2v) is 6.93. The van der Waals surface area contributed by atoms with Crippen molar-refractivity contribution in [1.29, 1.82) is 0 Å². The quantitative estimate of drug-likeness (QED) is 0.770. The first kappa shape index (κ1) is 14.5. The number of aromatic nitrogens is 2. The highest BCUT2D eigenvalue weighted by atomic mass is 35.5. The molecule has 8 heteroatoms. The minimum atomic E-state index is -2.90. The van der Waals surface area contributed by atoms with Gasteiger partial charge in [0.25, 0.3) is 0 Å². The van der Waals surface area contributed by atoms with Crippen LogP contribution < -0.4 is 4.90 Å². The number of halogens is 1. The number of hydrogen-bond donors (Lipinski definition) is 0. The highest BCUT2D eigenvalue weighted by molar-refractivity contribution is 7.91. The summed E-state index contributed by atoms with van der Waals surface area (Å²) in [6.07, 6.45) is 0. The Bertz CT molecular complexity index is 536. The summed E-state index contributed by atoms with van der Waals surface area (Å²) in [5, 5.41) is 0.341. The molecule has 0 aromatic carbocycles. The largest absolute Gasteiger partial charge is 0.374 e. The van der Waals surface area contributed by atoms with Crippen molar-refractivity contribution in [3.63, 3.8) is 0 Å². The Kier molecular flexibility index (Phi) is 4.59. The fourth-order valence-corrected chi connectivity index (χ4v) is 3.21. The summed E-state index contributed by atoms with van der Waals surface area (Å²) in [7, 11) is -2.90. The molecular weight excluding hydrogens is 290 g/mol. The molecule has 6 nitrogen and oxygen atoms in total. The Balaban J connectivity index is 2.13. The van der Waals surface area contributed by atoms with Gasteiger partial charge in [0.05, 0.1) is 11.5 Å². The average Bonchev–Trinajstić information content (AvgIpc) is 2.35. The number of nitrogens with zero attached hydrogens (tertiary/aromatic N) is 3. The monoisotopic (exact) mass is 305 g/mol. The maximum Gasteiger partial charge on any atom is 0.158 e. The van der Waals surface area contributed by atoms with Gasteiger partial charge in [0.15, 0.2) is 15.7 Å². The summed E-state index contributed by atoms with van der Waals surface area (Å²) in [6.45, 7) is 3.64. The first-order chi connectivity index (χ1) is 9.00. The summed E-state index contributed by atoms with van der Waals surface area (Å²) in [4.78, 5) is 10.3. The molecule has 0 bridgehead atoms. The fourth-order valence-electron chi connectivity index (χ4n) is 1.81. The van der Waals surface area contributed by atoms with Crippen LogP contribution in [0.2, 0.25) is 5.15 Å². The minimum Gasteiger partial charge on any atom is -0.374 e. The topological polar surface area (TPSA) is 72.4 Å². The Morgan fingerprint density at radius 3 is 2.68 bits per heavy atom. The zero-order valence-corrected chi connectivity index (χ0v) is 12.2. The molecule has 0 spiro atoms. The Labute approximate surface area is 117 Å². The lowest BCUT2D eigenvalue weighted by atomic mass is 10.4. The van der Waals surface area contributed by atoms with Gasteiger partial charge < -0.3 is 9.64 Å². The Hall–Kier alpha value is -0.920. The van der Waals surface area contributed by atoms with Crippen molar-refractivity contribution < 1.29 is 13.2 Å². The molecule has 0 saturated carbocycles. The average molecular weight is 306 g/mol. The molecule has 1 fully saturated rings. The van der Waals surface area contributed by atoms with E-state index in [1.54, 1.807) is 6.07 Å². The van der Waals surface area contributed by atoms with Gasteiger partial charge in [-0.05, 0) is 6.92 Å². The zero-order valence-electron chi connectivity index (χ0n) is 10.7. The molecule has 106 valence electrons. The fraction of sp³-hybridized carbons (Fsp3) is 0.636. The van der Waals surface area contributed by atoms with Gasteiger partial charge in [0.2, 0.25) is 0 Å². The van der Waals surface area contributed by atoms with Crippen molar-refractivity contribution in [3.05, 3.63) is 17.0 Å². The third-order valence-electron chi connectivity index (χ3n) is 2.83. The van der Waals surface area contributed by atoms with Crippen LogP contribution in [-0.4, -0.2) is 49.6 Å². The van der Waals surface area contributed by atoms with E-state index in [-0.39, 0.29) is 11.5 Å². The van der Waals surface area contributed by atoms with Crippen LogP contribution in [0.25, 0.3) is 0 Å². The molecule has 0 N–H and O–H groups in total. The third-order valence-corrected chi connectivity index (χ3v) is 4.63. The molecule has 1 aliphatic heterocycles. The van der Waals surface area contributed by atoms with E-state index >= 15 is 0 Å². The molecule has 0 radical (unpaired) electrons. The molecule has 19 heavy (non-hydrogen) atoms. The summed E-state index contributed by atoms with van der Waals surface area (Å²) in [5.41, 5.74) is 0. The molecule has 2 rings (SSSR count). The molecule has 0 amide bonds. The highest BCUT2D eigenvalue weighted by Crippen LogP contribution is 2.18. The van der Waals surface area contributed by atoms with Gasteiger partial charge in [-0.15, -0.1) is 0 Å². The molecule has 2 heterocycles. The minimum absolute atomic E-state index is 0.148. The lowest BCUT2D eigenvalue weighted by Gasteiger charge is -2.27. The highest BCUT2D eigenvalue weighted by Gasteiger charge is 2.23. The lowest BCUT2D eigenvalue weighted by molar-refractivity contribution is 0.128. The van der Waals surface area contributed by atoms with Gasteiger partial charge in [0.1, 0.15) is 17.6 Å². The second-order valence-electron chi connectivity index (χ2n) is 4.24. The molecule has 1 aromatic heterocycles. The van der Waals surface area contributed by atoms with Gasteiger partial charge >= 0.3 is 0 Å². The molecule has 1 aromatic rings. The van der Waals surface area contributed by atoms with Crippen LogP contribution in [-0.2, 0) is 21.2 Å². The van der Waals surface area contributed by atoms with Gasteiger partial charge in [0, 0.05) is 25.8 Å². The van der Waals surface area contributed by atoms with Crippen LogP contribution >= 0.6 is 11.6 Å². The van der Waals surface area contributed by atoms with Crippen LogP contribution in [0.1, 0.15) is 12.7 Å². The molecule has 1 saturated heterocycles. The SMILES string of the molecule is CCOCc1nc(Cl)cc(N2CCS(=O)(=O)CC2)n1. The van der Waals surface area contributed by atoms with Crippen LogP contribution in [0.15, 0.2) is 6.07 Å². The predicted molar refractivity (Wildman–Crippen MR) is 73.2 cm³/mol. The van der Waals surface area contributed by atoms with Gasteiger partial charge in [-0.3, -0.25) is 0 Å². The number of hydrogen-bond acceptors (Lipinski definition) is 6. The molecular formula is C11H16ClN3O3S. The van der Waals surface area contributed by atoms with E-state index < -0.39 is 9.84 Å². The van der Waals surface area contributed by atoms with E-state index in [4.69, 9.17) is 16.3 Å². The van der Waals surface area contributed by atoms with Gasteiger partial charge in [-0.2, -0.15) is 0 Å². The van der Waals surface area contributed by atoms with E-state index in [1.165, 1.54) is 0 Å². The maximum absolute atomic E-state index is 11.4. The standard InChI is InChI=1S/C11H16ClN3O3S/c1-2-18-8-10-13-9(12)7-11(14-10)15-3-5-19(16,17)6-4-15/h7H,2-6,8H2,1H3. The van der Waals surface area contributed by atoms with Crippen molar-refractivity contribution in [2.45, 2.75) is 13.5 Å². The normalized spacial score (nSPS) is 18.5. The Morgan fingerprint density at radius 1 is 1.37 bits per heavy atom. The molecule has 0 unspecified atom stereocenters. The summed E-state index contributed by atoms with van der Waals surface area (Å²) < 4.78 is 28.0.